The third-order valence-electron chi connectivity index (χ3n) is 3.45. The van der Waals surface area contributed by atoms with Crippen LogP contribution >= 0.6 is 24.0 Å². The lowest BCUT2D eigenvalue weighted by atomic mass is 9.94. The molecule has 100 valence electrons. The van der Waals surface area contributed by atoms with Gasteiger partial charge in [-0.3, -0.25) is 0 Å². The third kappa shape index (κ3) is 2.96. The summed E-state index contributed by atoms with van der Waals surface area (Å²) in [5.74, 6) is 1.90. The lowest BCUT2D eigenvalue weighted by molar-refractivity contribution is 0.109. The summed E-state index contributed by atoms with van der Waals surface area (Å²) in [6.45, 7) is 3.85. The molecule has 18 heavy (non-hydrogen) atoms. The van der Waals surface area contributed by atoms with Crippen molar-refractivity contribution in [2.24, 2.45) is 17.0 Å². The Labute approximate surface area is 116 Å². The maximum atomic E-state index is 5.62. The van der Waals surface area contributed by atoms with Gasteiger partial charge in [0.05, 0.1) is 0 Å². The smallest absolute Gasteiger partial charge is 0.178 e. The third-order valence-corrected chi connectivity index (χ3v) is 3.63. The first-order valence-corrected chi connectivity index (χ1v) is 6.18. The lowest BCUT2D eigenvalue weighted by Gasteiger charge is -2.17. The Balaban J connectivity index is 0.00000120. The van der Waals surface area contributed by atoms with Crippen molar-refractivity contribution in [1.82, 2.24) is 10.1 Å². The molecule has 7 heteroatoms. The van der Waals surface area contributed by atoms with E-state index in [1.165, 1.54) is 19.5 Å². The van der Waals surface area contributed by atoms with Gasteiger partial charge >= 0.3 is 0 Å². The number of fused-ring (bicyclic) bond motifs is 2. The number of hydrogen-bond donors (Lipinski definition) is 0. The summed E-state index contributed by atoms with van der Waals surface area (Å²) < 4.78 is 4.90. The molecular formula is C11H15Cl2N3O2. The molecule has 0 radical (unpaired) electrons. The Kier molecular flexibility index (Phi) is 4.48. The van der Waals surface area contributed by atoms with Crippen molar-refractivity contribution in [2.45, 2.75) is 13.0 Å². The van der Waals surface area contributed by atoms with Gasteiger partial charge in [0.1, 0.15) is 0 Å². The number of piperidine rings is 1. The van der Waals surface area contributed by atoms with E-state index in [1.54, 1.807) is 6.07 Å². The Morgan fingerprint density at radius 2 is 2.50 bits per heavy atom. The van der Waals surface area contributed by atoms with E-state index >= 15 is 0 Å². The van der Waals surface area contributed by atoms with Gasteiger partial charge in [0, 0.05) is 31.3 Å². The van der Waals surface area contributed by atoms with Crippen LogP contribution in [-0.4, -0.2) is 35.9 Å². The van der Waals surface area contributed by atoms with Gasteiger partial charge in [-0.25, -0.2) is 0 Å². The second-order valence-corrected chi connectivity index (χ2v) is 5.00. The van der Waals surface area contributed by atoms with Crippen molar-refractivity contribution in [3.05, 3.63) is 17.0 Å². The van der Waals surface area contributed by atoms with Crippen LogP contribution in [0.2, 0.25) is 5.15 Å². The first-order valence-electron chi connectivity index (χ1n) is 5.80. The molecule has 2 fully saturated rings. The largest absolute Gasteiger partial charge is 0.388 e. The van der Waals surface area contributed by atoms with E-state index in [4.69, 9.17) is 21.0 Å². The van der Waals surface area contributed by atoms with Crippen LogP contribution in [0, 0.1) is 11.8 Å². The van der Waals surface area contributed by atoms with Crippen LogP contribution in [0.3, 0.4) is 0 Å². The normalized spacial score (nSPS) is 29.7. The monoisotopic (exact) mass is 291 g/mol. The van der Waals surface area contributed by atoms with E-state index in [-0.39, 0.29) is 19.0 Å². The van der Waals surface area contributed by atoms with Crippen molar-refractivity contribution in [1.29, 1.82) is 0 Å². The molecule has 0 aliphatic carbocycles. The quantitative estimate of drug-likeness (QED) is 0.630. The molecule has 5 nitrogen and oxygen atoms in total. The average Bonchev–Trinajstić information content (AvgIpc) is 3.00. The first kappa shape index (κ1) is 13.6. The van der Waals surface area contributed by atoms with Crippen molar-refractivity contribution >= 4 is 30.2 Å². The maximum absolute atomic E-state index is 5.62. The highest BCUT2D eigenvalue weighted by Crippen LogP contribution is 2.31. The Hall–Kier alpha value is -0.780. The molecule has 1 aromatic rings. The Morgan fingerprint density at radius 1 is 1.61 bits per heavy atom. The van der Waals surface area contributed by atoms with E-state index < -0.39 is 0 Å². The molecule has 2 bridgehead atoms. The van der Waals surface area contributed by atoms with E-state index in [0.717, 1.165) is 12.5 Å². The summed E-state index contributed by atoms with van der Waals surface area (Å²) in [4.78, 5) is 7.63. The minimum Gasteiger partial charge on any atom is -0.388 e. The van der Waals surface area contributed by atoms with Crippen LogP contribution < -0.4 is 0 Å². The van der Waals surface area contributed by atoms with Crippen LogP contribution in [0.5, 0.6) is 0 Å². The van der Waals surface area contributed by atoms with Gasteiger partial charge in [0.25, 0.3) is 0 Å². The molecule has 0 aromatic carbocycles. The zero-order valence-electron chi connectivity index (χ0n) is 9.79. The van der Waals surface area contributed by atoms with Gasteiger partial charge in [-0.2, -0.15) is 0 Å². The lowest BCUT2D eigenvalue weighted by Crippen LogP contribution is -2.24. The minimum atomic E-state index is 0. The summed E-state index contributed by atoms with van der Waals surface area (Å²) in [6.07, 6.45) is 3.20. The summed E-state index contributed by atoms with van der Waals surface area (Å²) in [7, 11) is 0. The van der Waals surface area contributed by atoms with Crippen LogP contribution in [-0.2, 0) is 11.4 Å². The summed E-state index contributed by atoms with van der Waals surface area (Å²) in [5.41, 5.74) is 0. The molecule has 2 aliphatic rings. The number of nitrogens with zero attached hydrogens (tertiary/aromatic N) is 3. The molecule has 0 N–H and O–H groups in total. The molecule has 3 heterocycles. The zero-order valence-corrected chi connectivity index (χ0v) is 11.4. The van der Waals surface area contributed by atoms with E-state index in [0.29, 0.717) is 16.8 Å². The number of hydrogen-bond acceptors (Lipinski definition) is 5. The molecule has 0 saturated carbocycles. The second kappa shape index (κ2) is 5.91. The maximum Gasteiger partial charge on any atom is 0.178 e. The van der Waals surface area contributed by atoms with Crippen LogP contribution in [0.1, 0.15) is 12.2 Å². The molecule has 1 aromatic heterocycles. The molecule has 0 amide bonds. The molecule has 0 spiro atoms. The fraction of sp³-hybridized carbons (Fsp3) is 0.636. The van der Waals surface area contributed by atoms with Crippen molar-refractivity contribution in [2.75, 3.05) is 19.6 Å². The fourth-order valence-electron chi connectivity index (χ4n) is 2.57. The van der Waals surface area contributed by atoms with Gasteiger partial charge in [-0.1, -0.05) is 21.9 Å². The molecule has 2 saturated heterocycles. The highest BCUT2D eigenvalue weighted by Gasteiger charge is 2.36. The van der Waals surface area contributed by atoms with E-state index in [1.807, 2.05) is 6.21 Å². The van der Waals surface area contributed by atoms with Gasteiger partial charge in [-0.05, 0) is 18.9 Å². The van der Waals surface area contributed by atoms with Crippen molar-refractivity contribution < 1.29 is 9.36 Å². The SMILES string of the molecule is Cl.Clc1cc(CO/N=C/C2CN3CCC2C3)on1. The van der Waals surface area contributed by atoms with Crippen LogP contribution in [0.25, 0.3) is 0 Å². The average molecular weight is 292 g/mol. The van der Waals surface area contributed by atoms with Crippen molar-refractivity contribution in [3.63, 3.8) is 0 Å². The highest BCUT2D eigenvalue weighted by molar-refractivity contribution is 6.29. The zero-order chi connectivity index (χ0) is 11.7. The predicted molar refractivity (Wildman–Crippen MR) is 70.1 cm³/mol. The van der Waals surface area contributed by atoms with Gasteiger partial charge in [0.2, 0.25) is 0 Å². The Morgan fingerprint density at radius 3 is 3.11 bits per heavy atom. The summed E-state index contributed by atoms with van der Waals surface area (Å²) in [5, 5.41) is 7.89. The molecule has 3 rings (SSSR count). The number of halogens is 2. The molecule has 3 unspecified atom stereocenters. The second-order valence-electron chi connectivity index (χ2n) is 4.62. The minimum absolute atomic E-state index is 0. The van der Waals surface area contributed by atoms with Gasteiger partial charge in [0.15, 0.2) is 17.5 Å². The topological polar surface area (TPSA) is 50.9 Å². The summed E-state index contributed by atoms with van der Waals surface area (Å²) >= 11 is 5.62. The van der Waals surface area contributed by atoms with Crippen LogP contribution in [0.15, 0.2) is 15.7 Å². The van der Waals surface area contributed by atoms with Crippen LogP contribution in [0.4, 0.5) is 0 Å². The molecule has 2 aliphatic heterocycles. The molecular weight excluding hydrogens is 277 g/mol. The Bertz CT molecular complexity index is 424. The molecule has 3 atom stereocenters. The first-order chi connectivity index (χ1) is 8.31. The van der Waals surface area contributed by atoms with E-state index in [2.05, 4.69) is 15.2 Å². The van der Waals surface area contributed by atoms with Crippen molar-refractivity contribution in [3.8, 4) is 0 Å². The fourth-order valence-corrected chi connectivity index (χ4v) is 2.73. The summed E-state index contributed by atoms with van der Waals surface area (Å²) in [6, 6.07) is 1.63. The number of aromatic nitrogens is 1. The predicted octanol–water partition coefficient (Wildman–Crippen LogP) is 2.20. The van der Waals surface area contributed by atoms with Gasteiger partial charge < -0.3 is 14.3 Å². The highest BCUT2D eigenvalue weighted by atomic mass is 35.5. The van der Waals surface area contributed by atoms with E-state index in [9.17, 15) is 0 Å². The number of rotatable bonds is 4. The van der Waals surface area contributed by atoms with Gasteiger partial charge in [-0.15, -0.1) is 12.4 Å². The number of oxime groups is 1. The standard InChI is InChI=1S/C11H14ClN3O2.ClH/c12-11-3-10(17-14-11)7-16-13-4-9-6-15-2-1-8(9)5-15;/h3-4,8-9H,1-2,5-7H2;1H/b13-4+;.